The Hall–Kier alpha value is -2.61. The van der Waals surface area contributed by atoms with Crippen molar-refractivity contribution in [3.8, 4) is 0 Å². The van der Waals surface area contributed by atoms with Gasteiger partial charge in [0.05, 0.1) is 29.1 Å². The van der Waals surface area contributed by atoms with Gasteiger partial charge in [0, 0.05) is 11.1 Å². The number of esters is 1. The molecule has 0 saturated heterocycles. The molecular weight excluding hydrogens is 343 g/mol. The van der Waals surface area contributed by atoms with Gasteiger partial charge in [0.15, 0.2) is 5.69 Å². The van der Waals surface area contributed by atoms with Gasteiger partial charge in [-0.15, -0.1) is 11.3 Å². The lowest BCUT2D eigenvalue weighted by Gasteiger charge is -2.14. The Morgan fingerprint density at radius 2 is 2.16 bits per heavy atom. The number of hydrogen-bond acceptors (Lipinski definition) is 7. The molecule has 0 fully saturated rings. The van der Waals surface area contributed by atoms with E-state index in [-0.39, 0.29) is 24.3 Å². The van der Waals surface area contributed by atoms with Crippen LogP contribution >= 0.6 is 11.3 Å². The van der Waals surface area contributed by atoms with E-state index in [1.807, 2.05) is 19.9 Å². The van der Waals surface area contributed by atoms with E-state index in [1.165, 1.54) is 17.4 Å². The first kappa shape index (κ1) is 17.2. The predicted octanol–water partition coefficient (Wildman–Crippen LogP) is 3.88. The number of aryl methyl sites for hydroxylation is 1. The third-order valence-electron chi connectivity index (χ3n) is 3.54. The fraction of sp³-hybridized carbons (Fsp3) is 0.294. The van der Waals surface area contributed by atoms with Crippen molar-refractivity contribution in [3.05, 3.63) is 46.5 Å². The number of thiophene rings is 1. The lowest BCUT2D eigenvalue weighted by Crippen LogP contribution is -2.14. The molecule has 0 unspecified atom stereocenters. The van der Waals surface area contributed by atoms with Crippen LogP contribution in [0.15, 0.2) is 24.5 Å². The molecule has 1 atom stereocenters. The minimum absolute atomic E-state index is 0.233. The molecule has 0 aromatic carbocycles. The SMILES string of the molecule is CCOC(=O)c1nc(N[C@@H](C)c2cncc(F)c2)nc2cc(C)sc12. The summed E-state index contributed by atoms with van der Waals surface area (Å²) in [5.74, 6) is -0.617. The van der Waals surface area contributed by atoms with Crippen LogP contribution in [0.5, 0.6) is 0 Å². The minimum atomic E-state index is -0.486. The van der Waals surface area contributed by atoms with Crippen LogP contribution in [0, 0.1) is 12.7 Å². The van der Waals surface area contributed by atoms with E-state index in [0.29, 0.717) is 15.8 Å². The van der Waals surface area contributed by atoms with Gasteiger partial charge < -0.3 is 10.1 Å². The summed E-state index contributed by atoms with van der Waals surface area (Å²) < 4.78 is 19.1. The average Bonchev–Trinajstić information content (AvgIpc) is 2.94. The zero-order chi connectivity index (χ0) is 18.0. The first-order valence-corrected chi connectivity index (χ1v) is 8.62. The van der Waals surface area contributed by atoms with Crippen molar-refractivity contribution in [2.75, 3.05) is 11.9 Å². The topological polar surface area (TPSA) is 77.0 Å². The number of halogens is 1. The van der Waals surface area contributed by atoms with Crippen LogP contribution in [0.3, 0.4) is 0 Å². The van der Waals surface area contributed by atoms with Gasteiger partial charge in [-0.2, -0.15) is 0 Å². The number of hydrogen-bond donors (Lipinski definition) is 1. The van der Waals surface area contributed by atoms with E-state index in [0.717, 1.165) is 11.1 Å². The fourth-order valence-electron chi connectivity index (χ4n) is 2.39. The quantitative estimate of drug-likeness (QED) is 0.696. The molecule has 0 spiro atoms. The smallest absolute Gasteiger partial charge is 0.358 e. The Bertz CT molecular complexity index is 928. The van der Waals surface area contributed by atoms with Gasteiger partial charge in [-0.25, -0.2) is 19.2 Å². The number of aromatic nitrogens is 3. The van der Waals surface area contributed by atoms with Crippen LogP contribution in [0.2, 0.25) is 0 Å². The second-order valence-corrected chi connectivity index (χ2v) is 6.75. The second kappa shape index (κ2) is 7.10. The van der Waals surface area contributed by atoms with Gasteiger partial charge in [0.2, 0.25) is 5.95 Å². The molecule has 25 heavy (non-hydrogen) atoms. The summed E-state index contributed by atoms with van der Waals surface area (Å²) in [5, 5.41) is 3.09. The molecule has 0 aliphatic rings. The van der Waals surface area contributed by atoms with Crippen LogP contribution < -0.4 is 5.32 Å². The Labute approximate surface area is 148 Å². The lowest BCUT2D eigenvalue weighted by atomic mass is 10.1. The zero-order valence-electron chi connectivity index (χ0n) is 14.0. The summed E-state index contributed by atoms with van der Waals surface area (Å²) in [6, 6.07) is 3.00. The molecule has 0 amide bonds. The molecule has 6 nitrogen and oxygen atoms in total. The van der Waals surface area contributed by atoms with Crippen molar-refractivity contribution in [3.63, 3.8) is 0 Å². The number of carbonyl (C=O) groups excluding carboxylic acids is 1. The number of rotatable bonds is 5. The average molecular weight is 360 g/mol. The van der Waals surface area contributed by atoms with Gasteiger partial charge in [0.25, 0.3) is 0 Å². The molecule has 3 heterocycles. The van der Waals surface area contributed by atoms with Crippen LogP contribution in [0.1, 0.15) is 40.8 Å². The molecule has 3 rings (SSSR count). The Balaban J connectivity index is 1.97. The maximum atomic E-state index is 13.4. The van der Waals surface area contributed by atoms with E-state index in [2.05, 4.69) is 20.3 Å². The molecular formula is C17H17FN4O2S. The number of anilines is 1. The summed E-state index contributed by atoms with van der Waals surface area (Å²) in [5.41, 5.74) is 1.56. The fourth-order valence-corrected chi connectivity index (χ4v) is 3.32. The van der Waals surface area contributed by atoms with E-state index in [9.17, 15) is 9.18 Å². The summed E-state index contributed by atoms with van der Waals surface area (Å²) in [6.07, 6.45) is 2.71. The summed E-state index contributed by atoms with van der Waals surface area (Å²) in [4.78, 5) is 25.9. The molecule has 1 N–H and O–H groups in total. The number of carbonyl (C=O) groups is 1. The highest BCUT2D eigenvalue weighted by Gasteiger charge is 2.19. The number of fused-ring (bicyclic) bond motifs is 1. The molecule has 3 aromatic rings. The van der Waals surface area contributed by atoms with Gasteiger partial charge in [-0.05, 0) is 38.5 Å². The molecule has 0 saturated carbocycles. The van der Waals surface area contributed by atoms with Crippen molar-refractivity contribution < 1.29 is 13.9 Å². The highest BCUT2D eigenvalue weighted by Crippen LogP contribution is 2.28. The van der Waals surface area contributed by atoms with Crippen LogP contribution in [-0.2, 0) is 4.74 Å². The highest BCUT2D eigenvalue weighted by molar-refractivity contribution is 7.19. The summed E-state index contributed by atoms with van der Waals surface area (Å²) in [7, 11) is 0. The third kappa shape index (κ3) is 3.74. The molecule has 0 aliphatic heterocycles. The van der Waals surface area contributed by atoms with Crippen molar-refractivity contribution in [2.45, 2.75) is 26.8 Å². The summed E-state index contributed by atoms with van der Waals surface area (Å²) in [6.45, 7) is 5.79. The Kier molecular flexibility index (Phi) is 4.89. The van der Waals surface area contributed by atoms with Crippen LogP contribution in [0.4, 0.5) is 10.3 Å². The number of nitrogens with one attached hydrogen (secondary N) is 1. The molecule has 130 valence electrons. The number of pyridine rings is 1. The monoisotopic (exact) mass is 360 g/mol. The Morgan fingerprint density at radius 1 is 1.36 bits per heavy atom. The molecule has 0 radical (unpaired) electrons. The first-order chi connectivity index (χ1) is 12.0. The van der Waals surface area contributed by atoms with Crippen LogP contribution in [0.25, 0.3) is 10.2 Å². The highest BCUT2D eigenvalue weighted by atomic mass is 32.1. The van der Waals surface area contributed by atoms with Crippen molar-refractivity contribution in [1.29, 1.82) is 0 Å². The van der Waals surface area contributed by atoms with Gasteiger partial charge in [-0.3, -0.25) is 4.98 Å². The molecule has 3 aromatic heterocycles. The van der Waals surface area contributed by atoms with E-state index >= 15 is 0 Å². The van der Waals surface area contributed by atoms with Gasteiger partial charge in [-0.1, -0.05) is 0 Å². The molecule has 0 bridgehead atoms. The van der Waals surface area contributed by atoms with Crippen LogP contribution in [-0.4, -0.2) is 27.5 Å². The van der Waals surface area contributed by atoms with E-state index < -0.39 is 11.8 Å². The van der Waals surface area contributed by atoms with Gasteiger partial charge in [0.1, 0.15) is 5.82 Å². The molecule has 0 aliphatic carbocycles. The number of nitrogens with zero attached hydrogens (tertiary/aromatic N) is 3. The standard InChI is InChI=1S/C17H17FN4O2S/c1-4-24-16(23)14-15-13(5-9(2)25-15)21-17(22-14)20-10(3)11-6-12(18)8-19-7-11/h5-8,10H,4H2,1-3H3,(H,20,21,22)/t10-/m0/s1. The predicted molar refractivity (Wildman–Crippen MR) is 94.3 cm³/mol. The zero-order valence-corrected chi connectivity index (χ0v) is 14.9. The van der Waals surface area contributed by atoms with Crippen molar-refractivity contribution >= 4 is 33.5 Å². The van der Waals surface area contributed by atoms with Crippen molar-refractivity contribution in [2.24, 2.45) is 0 Å². The van der Waals surface area contributed by atoms with Gasteiger partial charge >= 0.3 is 5.97 Å². The Morgan fingerprint density at radius 3 is 2.88 bits per heavy atom. The maximum Gasteiger partial charge on any atom is 0.358 e. The van der Waals surface area contributed by atoms with E-state index in [4.69, 9.17) is 4.74 Å². The summed E-state index contributed by atoms with van der Waals surface area (Å²) >= 11 is 1.45. The first-order valence-electron chi connectivity index (χ1n) is 7.80. The largest absolute Gasteiger partial charge is 0.461 e. The lowest BCUT2D eigenvalue weighted by molar-refractivity contribution is 0.0522. The number of ether oxygens (including phenoxy) is 1. The van der Waals surface area contributed by atoms with E-state index in [1.54, 1.807) is 13.1 Å². The normalized spacial score (nSPS) is 12.2. The minimum Gasteiger partial charge on any atom is -0.461 e. The maximum absolute atomic E-state index is 13.4. The second-order valence-electron chi connectivity index (χ2n) is 5.49. The van der Waals surface area contributed by atoms with Crippen molar-refractivity contribution in [1.82, 2.24) is 15.0 Å². The third-order valence-corrected chi connectivity index (χ3v) is 4.58. The molecule has 8 heteroatoms.